The van der Waals surface area contributed by atoms with E-state index in [0.29, 0.717) is 25.4 Å². The average Bonchev–Trinajstić information content (AvgIpc) is 2.82. The zero-order valence-electron chi connectivity index (χ0n) is 11.8. The van der Waals surface area contributed by atoms with Gasteiger partial charge in [0.05, 0.1) is 19.3 Å². The molecule has 0 radical (unpaired) electrons. The van der Waals surface area contributed by atoms with Gasteiger partial charge in [-0.2, -0.15) is 5.10 Å². The van der Waals surface area contributed by atoms with Gasteiger partial charge in [0.15, 0.2) is 5.82 Å². The van der Waals surface area contributed by atoms with Crippen LogP contribution in [0.15, 0.2) is 11.2 Å². The topological polar surface area (TPSA) is 91.7 Å². The molecule has 1 aliphatic rings. The number of anilines is 1. The molecule has 2 atom stereocenters. The first kappa shape index (κ1) is 14.5. The van der Waals surface area contributed by atoms with Crippen molar-refractivity contribution in [1.29, 1.82) is 0 Å². The summed E-state index contributed by atoms with van der Waals surface area (Å²) in [5.74, 6) is -0.0435. The standard InChI is InChI=1S/C13H20N4O3/c1-3-20-13(18)10-7-17(16-12(10)14)11-8-19-5-4-9(11)6-15-2/h6-7,9,11H,3-5,8H2,1-2H3,(H2,14,16)/b15-6-/t9-,11+/m1/s1. The van der Waals surface area contributed by atoms with Gasteiger partial charge in [0.2, 0.25) is 0 Å². The summed E-state index contributed by atoms with van der Waals surface area (Å²) < 4.78 is 12.1. The molecule has 20 heavy (non-hydrogen) atoms. The average molecular weight is 280 g/mol. The van der Waals surface area contributed by atoms with Gasteiger partial charge in [-0.15, -0.1) is 0 Å². The van der Waals surface area contributed by atoms with Crippen molar-refractivity contribution in [2.75, 3.05) is 32.6 Å². The van der Waals surface area contributed by atoms with Crippen molar-refractivity contribution in [2.24, 2.45) is 10.9 Å². The van der Waals surface area contributed by atoms with E-state index in [9.17, 15) is 4.79 Å². The van der Waals surface area contributed by atoms with Crippen LogP contribution in [0.25, 0.3) is 0 Å². The van der Waals surface area contributed by atoms with Gasteiger partial charge in [0.25, 0.3) is 0 Å². The lowest BCUT2D eigenvalue weighted by Crippen LogP contribution is -2.31. The zero-order chi connectivity index (χ0) is 14.5. The maximum absolute atomic E-state index is 11.8. The van der Waals surface area contributed by atoms with E-state index in [1.807, 2.05) is 6.21 Å². The van der Waals surface area contributed by atoms with Gasteiger partial charge in [0, 0.05) is 32.0 Å². The third kappa shape index (κ3) is 2.98. The normalized spacial score (nSPS) is 23.1. The Morgan fingerprint density at radius 3 is 3.25 bits per heavy atom. The first-order valence-electron chi connectivity index (χ1n) is 6.69. The number of nitrogens with zero attached hydrogens (tertiary/aromatic N) is 3. The third-order valence-electron chi connectivity index (χ3n) is 3.31. The molecular formula is C13H20N4O3. The van der Waals surface area contributed by atoms with Gasteiger partial charge in [-0.1, -0.05) is 0 Å². The van der Waals surface area contributed by atoms with Crippen molar-refractivity contribution in [3.63, 3.8) is 0 Å². The number of esters is 1. The molecule has 0 saturated carbocycles. The fraction of sp³-hybridized carbons (Fsp3) is 0.615. The highest BCUT2D eigenvalue weighted by atomic mass is 16.5. The summed E-state index contributed by atoms with van der Waals surface area (Å²) in [7, 11) is 1.74. The summed E-state index contributed by atoms with van der Waals surface area (Å²) >= 11 is 0. The minimum atomic E-state index is -0.450. The second kappa shape index (κ2) is 6.51. The Morgan fingerprint density at radius 2 is 2.55 bits per heavy atom. The third-order valence-corrected chi connectivity index (χ3v) is 3.31. The second-order valence-electron chi connectivity index (χ2n) is 4.63. The molecule has 0 aliphatic carbocycles. The molecule has 0 spiro atoms. The minimum Gasteiger partial charge on any atom is -0.462 e. The van der Waals surface area contributed by atoms with Gasteiger partial charge in [-0.3, -0.25) is 4.68 Å². The van der Waals surface area contributed by atoms with E-state index >= 15 is 0 Å². The van der Waals surface area contributed by atoms with Crippen LogP contribution in [-0.4, -0.2) is 48.8 Å². The molecule has 0 unspecified atom stereocenters. The zero-order valence-corrected chi connectivity index (χ0v) is 11.8. The van der Waals surface area contributed by atoms with E-state index in [0.717, 1.165) is 6.42 Å². The Bertz CT molecular complexity index is 498. The number of aliphatic imine (C=N–C) groups is 1. The van der Waals surface area contributed by atoms with E-state index in [4.69, 9.17) is 15.2 Å². The number of carbonyl (C=O) groups excluding carboxylic acids is 1. The van der Waals surface area contributed by atoms with Crippen LogP contribution in [0.3, 0.4) is 0 Å². The van der Waals surface area contributed by atoms with Crippen LogP contribution in [-0.2, 0) is 9.47 Å². The SMILES string of the molecule is CCOC(=O)c1cn([C@H]2COCC[C@@H]2/C=N\C)nc1N. The fourth-order valence-electron chi connectivity index (χ4n) is 2.32. The van der Waals surface area contributed by atoms with E-state index in [2.05, 4.69) is 10.1 Å². The Hall–Kier alpha value is -1.89. The summed E-state index contributed by atoms with van der Waals surface area (Å²) in [5.41, 5.74) is 6.09. The van der Waals surface area contributed by atoms with E-state index < -0.39 is 5.97 Å². The number of carbonyl (C=O) groups is 1. The maximum atomic E-state index is 11.8. The molecule has 110 valence electrons. The number of ether oxygens (including phenoxy) is 2. The molecule has 2 rings (SSSR count). The molecule has 1 aromatic rings. The Labute approximate surface area is 117 Å². The molecule has 7 heteroatoms. The van der Waals surface area contributed by atoms with Crippen LogP contribution in [0.1, 0.15) is 29.7 Å². The van der Waals surface area contributed by atoms with E-state index in [1.54, 1.807) is 24.9 Å². The number of rotatable bonds is 4. The van der Waals surface area contributed by atoms with Crippen molar-refractivity contribution < 1.29 is 14.3 Å². The van der Waals surface area contributed by atoms with Crippen molar-refractivity contribution in [3.05, 3.63) is 11.8 Å². The Morgan fingerprint density at radius 1 is 1.75 bits per heavy atom. The van der Waals surface area contributed by atoms with E-state index in [1.165, 1.54) is 0 Å². The van der Waals surface area contributed by atoms with Crippen molar-refractivity contribution in [2.45, 2.75) is 19.4 Å². The molecule has 7 nitrogen and oxygen atoms in total. The molecule has 0 bridgehead atoms. The summed E-state index contributed by atoms with van der Waals surface area (Å²) in [6, 6.07) is -0.00192. The molecule has 2 heterocycles. The van der Waals surface area contributed by atoms with Crippen molar-refractivity contribution >= 4 is 18.0 Å². The molecule has 1 aliphatic heterocycles. The van der Waals surface area contributed by atoms with Crippen molar-refractivity contribution in [1.82, 2.24) is 9.78 Å². The van der Waals surface area contributed by atoms with Crippen LogP contribution in [0.4, 0.5) is 5.82 Å². The number of aromatic nitrogens is 2. The Balaban J connectivity index is 2.23. The van der Waals surface area contributed by atoms with Crippen LogP contribution < -0.4 is 5.73 Å². The smallest absolute Gasteiger partial charge is 0.343 e. The first-order valence-corrected chi connectivity index (χ1v) is 6.69. The Kier molecular flexibility index (Phi) is 4.73. The second-order valence-corrected chi connectivity index (χ2v) is 4.63. The fourth-order valence-corrected chi connectivity index (χ4v) is 2.32. The molecular weight excluding hydrogens is 260 g/mol. The quantitative estimate of drug-likeness (QED) is 0.654. The number of hydrogen-bond acceptors (Lipinski definition) is 6. The lowest BCUT2D eigenvalue weighted by Gasteiger charge is -2.29. The summed E-state index contributed by atoms with van der Waals surface area (Å²) in [5, 5.41) is 4.22. The highest BCUT2D eigenvalue weighted by Crippen LogP contribution is 2.26. The van der Waals surface area contributed by atoms with Gasteiger partial charge >= 0.3 is 5.97 Å². The van der Waals surface area contributed by atoms with Crippen LogP contribution in [0, 0.1) is 5.92 Å². The molecule has 0 amide bonds. The summed E-state index contributed by atoms with van der Waals surface area (Å²) in [4.78, 5) is 15.8. The molecule has 1 saturated heterocycles. The highest BCUT2D eigenvalue weighted by Gasteiger charge is 2.28. The maximum Gasteiger partial charge on any atom is 0.343 e. The molecule has 1 fully saturated rings. The van der Waals surface area contributed by atoms with Gasteiger partial charge in [-0.05, 0) is 13.3 Å². The van der Waals surface area contributed by atoms with E-state index in [-0.39, 0.29) is 17.8 Å². The van der Waals surface area contributed by atoms with Crippen LogP contribution in [0.2, 0.25) is 0 Å². The summed E-state index contributed by atoms with van der Waals surface area (Å²) in [6.07, 6.45) is 4.40. The van der Waals surface area contributed by atoms with Gasteiger partial charge in [-0.25, -0.2) is 4.79 Å². The number of hydrogen-bond donors (Lipinski definition) is 1. The highest BCUT2D eigenvalue weighted by molar-refractivity contribution is 5.93. The lowest BCUT2D eigenvalue weighted by atomic mass is 9.96. The molecule has 0 aromatic carbocycles. The predicted molar refractivity (Wildman–Crippen MR) is 75.0 cm³/mol. The molecule has 2 N–H and O–H groups in total. The largest absolute Gasteiger partial charge is 0.462 e. The van der Waals surface area contributed by atoms with Gasteiger partial charge < -0.3 is 20.2 Å². The van der Waals surface area contributed by atoms with Gasteiger partial charge in [0.1, 0.15) is 5.56 Å². The monoisotopic (exact) mass is 280 g/mol. The number of nitrogens with two attached hydrogens (primary N) is 1. The van der Waals surface area contributed by atoms with Crippen LogP contribution >= 0.6 is 0 Å². The van der Waals surface area contributed by atoms with Crippen molar-refractivity contribution in [3.8, 4) is 0 Å². The predicted octanol–water partition coefficient (Wildman–Crippen LogP) is 0.920. The summed E-state index contributed by atoms with van der Waals surface area (Å²) in [6.45, 7) is 3.29. The van der Waals surface area contributed by atoms with Crippen LogP contribution in [0.5, 0.6) is 0 Å². The number of nitrogen functional groups attached to an aromatic ring is 1. The first-order chi connectivity index (χ1) is 9.67. The molecule has 1 aromatic heterocycles. The minimum absolute atomic E-state index is 0.00192. The lowest BCUT2D eigenvalue weighted by molar-refractivity contribution is 0.0383.